The SMILES string of the molecule is CCCCN1CCCCC1CNC(=NC)NCc1cc(C(C)C)no1.I. The number of hydrogen-bond donors (Lipinski definition) is 2. The van der Waals surface area contributed by atoms with E-state index in [1.165, 1.54) is 45.2 Å². The van der Waals surface area contributed by atoms with Gasteiger partial charge in [-0.2, -0.15) is 0 Å². The Morgan fingerprint density at radius 2 is 2.19 bits per heavy atom. The molecule has 2 heterocycles. The average molecular weight is 477 g/mol. The number of nitrogens with zero attached hydrogens (tertiary/aromatic N) is 3. The highest BCUT2D eigenvalue weighted by Crippen LogP contribution is 2.17. The molecule has 150 valence electrons. The van der Waals surface area contributed by atoms with Crippen molar-refractivity contribution >= 4 is 29.9 Å². The second-order valence-electron chi connectivity index (χ2n) is 7.22. The van der Waals surface area contributed by atoms with Gasteiger partial charge in [-0.1, -0.05) is 38.8 Å². The fraction of sp³-hybridized carbons (Fsp3) is 0.789. The van der Waals surface area contributed by atoms with Gasteiger partial charge in [0, 0.05) is 25.7 Å². The maximum absolute atomic E-state index is 5.37. The minimum Gasteiger partial charge on any atom is -0.359 e. The molecule has 26 heavy (non-hydrogen) atoms. The molecule has 1 saturated heterocycles. The van der Waals surface area contributed by atoms with E-state index in [0.717, 1.165) is 24.0 Å². The molecule has 1 aromatic rings. The molecule has 0 bridgehead atoms. The number of nitrogens with one attached hydrogen (secondary N) is 2. The molecule has 0 spiro atoms. The lowest BCUT2D eigenvalue weighted by Crippen LogP contribution is -2.49. The van der Waals surface area contributed by atoms with Crippen molar-refractivity contribution in [3.63, 3.8) is 0 Å². The molecule has 1 aliphatic rings. The van der Waals surface area contributed by atoms with Gasteiger partial charge in [-0.25, -0.2) is 0 Å². The second-order valence-corrected chi connectivity index (χ2v) is 7.22. The molecular formula is C19H36IN5O. The topological polar surface area (TPSA) is 65.7 Å². The summed E-state index contributed by atoms with van der Waals surface area (Å²) in [6.45, 7) is 10.5. The lowest BCUT2D eigenvalue weighted by molar-refractivity contribution is 0.147. The molecule has 1 aromatic heterocycles. The van der Waals surface area contributed by atoms with Crippen molar-refractivity contribution in [1.29, 1.82) is 0 Å². The first-order chi connectivity index (χ1) is 12.1. The largest absolute Gasteiger partial charge is 0.359 e. The number of rotatable bonds is 8. The van der Waals surface area contributed by atoms with Gasteiger partial charge in [0.15, 0.2) is 11.7 Å². The quantitative estimate of drug-likeness (QED) is 0.339. The molecule has 0 saturated carbocycles. The minimum absolute atomic E-state index is 0. The molecular weight excluding hydrogens is 441 g/mol. The van der Waals surface area contributed by atoms with Crippen LogP contribution in [0.2, 0.25) is 0 Å². The molecule has 2 rings (SSSR count). The van der Waals surface area contributed by atoms with Crippen LogP contribution in [0.4, 0.5) is 0 Å². The van der Waals surface area contributed by atoms with E-state index in [9.17, 15) is 0 Å². The maximum Gasteiger partial charge on any atom is 0.191 e. The maximum atomic E-state index is 5.37. The number of likely N-dealkylation sites (tertiary alicyclic amines) is 1. The van der Waals surface area contributed by atoms with E-state index in [0.29, 0.717) is 18.5 Å². The summed E-state index contributed by atoms with van der Waals surface area (Å²) < 4.78 is 5.37. The van der Waals surface area contributed by atoms with Crippen LogP contribution in [0.3, 0.4) is 0 Å². The Labute approximate surface area is 175 Å². The summed E-state index contributed by atoms with van der Waals surface area (Å²) in [5.41, 5.74) is 0.994. The van der Waals surface area contributed by atoms with Crippen molar-refractivity contribution in [2.45, 2.75) is 71.4 Å². The Hall–Kier alpha value is -0.830. The van der Waals surface area contributed by atoms with E-state index in [4.69, 9.17) is 4.52 Å². The molecule has 0 amide bonds. The van der Waals surface area contributed by atoms with Gasteiger partial charge in [0.2, 0.25) is 0 Å². The van der Waals surface area contributed by atoms with Crippen molar-refractivity contribution in [3.05, 3.63) is 17.5 Å². The van der Waals surface area contributed by atoms with Crippen LogP contribution in [-0.2, 0) is 6.54 Å². The number of halogens is 1. The zero-order valence-corrected chi connectivity index (χ0v) is 19.1. The molecule has 0 aliphatic carbocycles. The highest BCUT2D eigenvalue weighted by Gasteiger charge is 2.21. The van der Waals surface area contributed by atoms with Gasteiger partial charge in [-0.15, -0.1) is 24.0 Å². The highest BCUT2D eigenvalue weighted by atomic mass is 127. The highest BCUT2D eigenvalue weighted by molar-refractivity contribution is 14.0. The third-order valence-corrected chi connectivity index (χ3v) is 4.88. The standard InChI is InChI=1S/C19H35N5O.HI/c1-5-6-10-24-11-8-7-9-16(24)13-21-19(20-4)22-14-17-12-18(15(2)3)23-25-17;/h12,15-16H,5-11,13-14H2,1-4H3,(H2,20,21,22);1H. The number of unbranched alkanes of at least 4 members (excludes halogenated alkanes) is 1. The van der Waals surface area contributed by atoms with Crippen molar-refractivity contribution in [2.24, 2.45) is 4.99 Å². The van der Waals surface area contributed by atoms with Crippen molar-refractivity contribution in [3.8, 4) is 0 Å². The average Bonchev–Trinajstić information content (AvgIpc) is 3.10. The molecule has 1 aliphatic heterocycles. The first-order valence-corrected chi connectivity index (χ1v) is 9.78. The van der Waals surface area contributed by atoms with Crippen LogP contribution in [0.25, 0.3) is 0 Å². The molecule has 0 radical (unpaired) electrons. The second kappa shape index (κ2) is 12.5. The van der Waals surface area contributed by atoms with Crippen LogP contribution >= 0.6 is 24.0 Å². The van der Waals surface area contributed by atoms with Gasteiger partial charge in [-0.05, 0) is 38.3 Å². The van der Waals surface area contributed by atoms with Gasteiger partial charge in [0.1, 0.15) is 0 Å². The summed E-state index contributed by atoms with van der Waals surface area (Å²) in [6.07, 6.45) is 6.48. The van der Waals surface area contributed by atoms with E-state index in [-0.39, 0.29) is 24.0 Å². The van der Waals surface area contributed by atoms with Crippen LogP contribution in [0.5, 0.6) is 0 Å². The van der Waals surface area contributed by atoms with E-state index in [2.05, 4.69) is 46.5 Å². The number of piperidine rings is 1. The van der Waals surface area contributed by atoms with Crippen LogP contribution in [0.15, 0.2) is 15.6 Å². The molecule has 6 nitrogen and oxygen atoms in total. The van der Waals surface area contributed by atoms with Gasteiger partial charge in [-0.3, -0.25) is 9.89 Å². The van der Waals surface area contributed by atoms with Gasteiger partial charge in [0.25, 0.3) is 0 Å². The predicted octanol–water partition coefficient (Wildman–Crippen LogP) is 3.74. The monoisotopic (exact) mass is 477 g/mol. The Morgan fingerprint density at radius 3 is 2.85 bits per heavy atom. The summed E-state index contributed by atoms with van der Waals surface area (Å²) >= 11 is 0. The number of aliphatic imine (C=N–C) groups is 1. The summed E-state index contributed by atoms with van der Waals surface area (Å²) in [4.78, 5) is 6.97. The number of aromatic nitrogens is 1. The van der Waals surface area contributed by atoms with E-state index < -0.39 is 0 Å². The molecule has 2 N–H and O–H groups in total. The summed E-state index contributed by atoms with van der Waals surface area (Å²) in [6, 6.07) is 2.62. The van der Waals surface area contributed by atoms with Crippen molar-refractivity contribution in [1.82, 2.24) is 20.7 Å². The summed E-state index contributed by atoms with van der Waals surface area (Å²) in [5.74, 6) is 2.05. The Kier molecular flexibility index (Phi) is 11.2. The molecule has 7 heteroatoms. The zero-order valence-electron chi connectivity index (χ0n) is 16.8. The van der Waals surface area contributed by atoms with E-state index in [1.807, 2.05) is 13.1 Å². The number of hydrogen-bond acceptors (Lipinski definition) is 4. The lowest BCUT2D eigenvalue weighted by Gasteiger charge is -2.36. The van der Waals surface area contributed by atoms with E-state index >= 15 is 0 Å². The third kappa shape index (κ3) is 7.42. The first kappa shape index (κ1) is 23.2. The van der Waals surface area contributed by atoms with Crippen LogP contribution in [0, 0.1) is 0 Å². The van der Waals surface area contributed by atoms with Crippen molar-refractivity contribution in [2.75, 3.05) is 26.7 Å². The van der Waals surface area contributed by atoms with Gasteiger partial charge < -0.3 is 15.2 Å². The molecule has 1 fully saturated rings. The first-order valence-electron chi connectivity index (χ1n) is 9.78. The Balaban J connectivity index is 0.00000338. The summed E-state index contributed by atoms with van der Waals surface area (Å²) in [7, 11) is 1.81. The molecule has 0 aromatic carbocycles. The van der Waals surface area contributed by atoms with E-state index in [1.54, 1.807) is 0 Å². The Morgan fingerprint density at radius 1 is 1.38 bits per heavy atom. The van der Waals surface area contributed by atoms with Crippen LogP contribution in [-0.4, -0.2) is 48.7 Å². The number of guanidine groups is 1. The van der Waals surface area contributed by atoms with Gasteiger partial charge >= 0.3 is 0 Å². The molecule has 1 atom stereocenters. The fourth-order valence-electron chi connectivity index (χ4n) is 3.24. The van der Waals surface area contributed by atoms with Gasteiger partial charge in [0.05, 0.1) is 12.2 Å². The van der Waals surface area contributed by atoms with Crippen LogP contribution < -0.4 is 10.6 Å². The third-order valence-electron chi connectivity index (χ3n) is 4.88. The minimum atomic E-state index is 0. The predicted molar refractivity (Wildman–Crippen MR) is 118 cm³/mol. The zero-order chi connectivity index (χ0) is 18.1. The molecule has 1 unspecified atom stereocenters. The Bertz CT molecular complexity index is 532. The lowest BCUT2D eigenvalue weighted by atomic mass is 10.0. The van der Waals surface area contributed by atoms with Crippen molar-refractivity contribution < 1.29 is 4.52 Å². The fourth-order valence-corrected chi connectivity index (χ4v) is 3.24. The normalized spacial score (nSPS) is 18.7. The smallest absolute Gasteiger partial charge is 0.191 e. The van der Waals surface area contributed by atoms with Crippen LogP contribution in [0.1, 0.15) is 70.2 Å². The summed E-state index contributed by atoms with van der Waals surface area (Å²) in [5, 5.41) is 10.9.